The molecule has 6 heteroatoms. The SMILES string of the molecule is CNC(=O)C(C)Nc1cc(NC)nc(C(C)C)n1. The van der Waals surface area contributed by atoms with Crippen molar-refractivity contribution in [2.75, 3.05) is 24.7 Å². The van der Waals surface area contributed by atoms with Crippen LogP contribution in [0.15, 0.2) is 6.07 Å². The van der Waals surface area contributed by atoms with Crippen LogP contribution in [0, 0.1) is 0 Å². The van der Waals surface area contributed by atoms with E-state index in [2.05, 4.69) is 25.9 Å². The zero-order valence-electron chi connectivity index (χ0n) is 11.5. The van der Waals surface area contributed by atoms with Gasteiger partial charge in [0.05, 0.1) is 0 Å². The molecule has 0 fully saturated rings. The Bertz CT molecular complexity index is 419. The number of aromatic nitrogens is 2. The van der Waals surface area contributed by atoms with Gasteiger partial charge in [0.25, 0.3) is 0 Å². The Morgan fingerprint density at radius 2 is 1.78 bits per heavy atom. The third-order valence-electron chi connectivity index (χ3n) is 2.52. The molecule has 0 aliphatic rings. The third kappa shape index (κ3) is 3.58. The normalized spacial score (nSPS) is 12.1. The van der Waals surface area contributed by atoms with E-state index in [1.807, 2.05) is 13.8 Å². The van der Waals surface area contributed by atoms with E-state index < -0.39 is 0 Å². The average molecular weight is 251 g/mol. The van der Waals surface area contributed by atoms with Crippen LogP contribution in [0.5, 0.6) is 0 Å². The molecule has 1 unspecified atom stereocenters. The van der Waals surface area contributed by atoms with Crippen molar-refractivity contribution in [1.29, 1.82) is 0 Å². The van der Waals surface area contributed by atoms with Gasteiger partial charge in [0.15, 0.2) is 0 Å². The van der Waals surface area contributed by atoms with Crippen LogP contribution in [0.25, 0.3) is 0 Å². The molecule has 1 aromatic rings. The summed E-state index contributed by atoms with van der Waals surface area (Å²) >= 11 is 0. The zero-order valence-corrected chi connectivity index (χ0v) is 11.5. The number of anilines is 2. The van der Waals surface area contributed by atoms with Crippen LogP contribution >= 0.6 is 0 Å². The number of nitrogens with zero attached hydrogens (tertiary/aromatic N) is 2. The number of hydrogen-bond acceptors (Lipinski definition) is 5. The summed E-state index contributed by atoms with van der Waals surface area (Å²) in [4.78, 5) is 20.2. The van der Waals surface area contributed by atoms with Gasteiger partial charge in [-0.05, 0) is 6.92 Å². The molecule has 1 aromatic heterocycles. The van der Waals surface area contributed by atoms with E-state index in [1.165, 1.54) is 0 Å². The van der Waals surface area contributed by atoms with Gasteiger partial charge in [-0.2, -0.15) is 0 Å². The maximum atomic E-state index is 11.5. The Morgan fingerprint density at radius 1 is 1.17 bits per heavy atom. The predicted octanol–water partition coefficient (Wildman–Crippen LogP) is 1.19. The topological polar surface area (TPSA) is 78.9 Å². The minimum absolute atomic E-state index is 0.0780. The van der Waals surface area contributed by atoms with Gasteiger partial charge in [0.1, 0.15) is 23.5 Å². The molecule has 1 amide bonds. The molecule has 1 atom stereocenters. The highest BCUT2D eigenvalue weighted by atomic mass is 16.2. The fourth-order valence-corrected chi connectivity index (χ4v) is 1.43. The molecule has 0 saturated carbocycles. The molecular weight excluding hydrogens is 230 g/mol. The summed E-state index contributed by atoms with van der Waals surface area (Å²) in [6.45, 7) is 5.84. The fraction of sp³-hybridized carbons (Fsp3) is 0.583. The lowest BCUT2D eigenvalue weighted by Gasteiger charge is -2.15. The molecule has 18 heavy (non-hydrogen) atoms. The van der Waals surface area contributed by atoms with Crippen molar-refractivity contribution < 1.29 is 4.79 Å². The van der Waals surface area contributed by atoms with E-state index in [0.29, 0.717) is 5.82 Å². The summed E-state index contributed by atoms with van der Waals surface area (Å²) in [7, 11) is 3.41. The Kier molecular flexibility index (Phi) is 4.88. The van der Waals surface area contributed by atoms with Gasteiger partial charge < -0.3 is 16.0 Å². The second-order valence-electron chi connectivity index (χ2n) is 4.38. The number of hydrogen-bond donors (Lipinski definition) is 3. The molecule has 1 heterocycles. The highest BCUT2D eigenvalue weighted by Gasteiger charge is 2.13. The van der Waals surface area contributed by atoms with Gasteiger partial charge in [-0.1, -0.05) is 13.8 Å². The first kappa shape index (κ1) is 14.2. The number of amides is 1. The molecule has 0 spiro atoms. The lowest BCUT2D eigenvalue weighted by Crippen LogP contribution is -2.35. The number of likely N-dealkylation sites (N-methyl/N-ethyl adjacent to an activating group) is 1. The molecule has 0 bridgehead atoms. The van der Waals surface area contributed by atoms with Gasteiger partial charge >= 0.3 is 0 Å². The van der Waals surface area contributed by atoms with Crippen molar-refractivity contribution in [2.45, 2.75) is 32.7 Å². The quantitative estimate of drug-likeness (QED) is 0.732. The summed E-state index contributed by atoms with van der Waals surface area (Å²) in [6, 6.07) is 1.44. The van der Waals surface area contributed by atoms with Crippen LogP contribution in [0.3, 0.4) is 0 Å². The Hall–Kier alpha value is -1.85. The minimum atomic E-state index is -0.338. The van der Waals surface area contributed by atoms with Crippen molar-refractivity contribution in [2.24, 2.45) is 0 Å². The number of carbonyl (C=O) groups is 1. The lowest BCUT2D eigenvalue weighted by molar-refractivity contribution is -0.121. The summed E-state index contributed by atoms with van der Waals surface area (Å²) in [5.74, 6) is 2.28. The van der Waals surface area contributed by atoms with Crippen LogP contribution in [-0.2, 0) is 4.79 Å². The maximum absolute atomic E-state index is 11.5. The first-order valence-electron chi connectivity index (χ1n) is 6.02. The van der Waals surface area contributed by atoms with Crippen molar-refractivity contribution in [3.63, 3.8) is 0 Å². The van der Waals surface area contributed by atoms with Crippen molar-refractivity contribution in [3.05, 3.63) is 11.9 Å². The van der Waals surface area contributed by atoms with Crippen LogP contribution in [0.2, 0.25) is 0 Å². The third-order valence-corrected chi connectivity index (χ3v) is 2.52. The van der Waals surface area contributed by atoms with Crippen LogP contribution in [-0.4, -0.2) is 36.0 Å². The van der Waals surface area contributed by atoms with Gasteiger partial charge in [0.2, 0.25) is 5.91 Å². The van der Waals surface area contributed by atoms with E-state index >= 15 is 0 Å². The smallest absolute Gasteiger partial charge is 0.241 e. The van der Waals surface area contributed by atoms with Gasteiger partial charge in [-0.15, -0.1) is 0 Å². The second kappa shape index (κ2) is 6.18. The van der Waals surface area contributed by atoms with E-state index in [9.17, 15) is 4.79 Å². The van der Waals surface area contributed by atoms with Gasteiger partial charge in [0, 0.05) is 26.1 Å². The molecule has 1 rings (SSSR count). The maximum Gasteiger partial charge on any atom is 0.241 e. The van der Waals surface area contributed by atoms with Crippen LogP contribution < -0.4 is 16.0 Å². The number of nitrogens with one attached hydrogen (secondary N) is 3. The predicted molar refractivity (Wildman–Crippen MR) is 72.8 cm³/mol. The molecule has 0 saturated heterocycles. The fourth-order valence-electron chi connectivity index (χ4n) is 1.43. The highest BCUT2D eigenvalue weighted by molar-refractivity contribution is 5.83. The van der Waals surface area contributed by atoms with Crippen molar-refractivity contribution >= 4 is 17.5 Å². The molecule has 0 aliphatic heterocycles. The zero-order chi connectivity index (χ0) is 13.7. The summed E-state index contributed by atoms with van der Waals surface area (Å²) < 4.78 is 0. The monoisotopic (exact) mass is 251 g/mol. The van der Waals surface area contributed by atoms with Crippen LogP contribution in [0.1, 0.15) is 32.5 Å². The standard InChI is InChI=1S/C12H21N5O/c1-7(2)11-16-9(13-4)6-10(17-11)15-8(3)12(18)14-5/h6-8H,1-5H3,(H,14,18)(H2,13,15,16,17). The Balaban J connectivity index is 2.94. The van der Waals surface area contributed by atoms with E-state index in [0.717, 1.165) is 11.6 Å². The Labute approximate surface area is 108 Å². The van der Waals surface area contributed by atoms with E-state index in [1.54, 1.807) is 27.1 Å². The first-order valence-corrected chi connectivity index (χ1v) is 6.02. The largest absolute Gasteiger partial charge is 0.373 e. The molecule has 0 radical (unpaired) electrons. The molecular formula is C12H21N5O. The van der Waals surface area contributed by atoms with Gasteiger partial charge in [-0.3, -0.25) is 4.79 Å². The van der Waals surface area contributed by atoms with Gasteiger partial charge in [-0.25, -0.2) is 9.97 Å². The second-order valence-corrected chi connectivity index (χ2v) is 4.38. The number of rotatable bonds is 5. The number of carbonyl (C=O) groups excluding carboxylic acids is 1. The van der Waals surface area contributed by atoms with Crippen molar-refractivity contribution in [1.82, 2.24) is 15.3 Å². The van der Waals surface area contributed by atoms with Crippen molar-refractivity contribution in [3.8, 4) is 0 Å². The molecule has 100 valence electrons. The first-order chi connectivity index (χ1) is 8.47. The highest BCUT2D eigenvalue weighted by Crippen LogP contribution is 2.17. The van der Waals surface area contributed by atoms with E-state index in [-0.39, 0.29) is 17.9 Å². The Morgan fingerprint density at radius 3 is 2.28 bits per heavy atom. The molecule has 3 N–H and O–H groups in total. The summed E-state index contributed by atoms with van der Waals surface area (Å²) in [5, 5.41) is 8.64. The molecule has 0 aliphatic carbocycles. The minimum Gasteiger partial charge on any atom is -0.373 e. The summed E-state index contributed by atoms with van der Waals surface area (Å²) in [5.41, 5.74) is 0. The molecule has 0 aromatic carbocycles. The average Bonchev–Trinajstić information content (AvgIpc) is 2.36. The summed E-state index contributed by atoms with van der Waals surface area (Å²) in [6.07, 6.45) is 0. The lowest BCUT2D eigenvalue weighted by atomic mass is 10.2. The van der Waals surface area contributed by atoms with E-state index in [4.69, 9.17) is 0 Å². The molecule has 6 nitrogen and oxygen atoms in total. The van der Waals surface area contributed by atoms with Crippen LogP contribution in [0.4, 0.5) is 11.6 Å².